The van der Waals surface area contributed by atoms with E-state index in [9.17, 15) is 18.6 Å². The number of aryl methyl sites for hydroxylation is 1. The van der Waals surface area contributed by atoms with Crippen LogP contribution in [0.25, 0.3) is 11.2 Å². The highest BCUT2D eigenvalue weighted by atomic mass is 32.2. The molecule has 0 radical (unpaired) electrons. The molecule has 2 aliphatic rings. The van der Waals surface area contributed by atoms with Crippen LogP contribution in [0.4, 0.5) is 5.82 Å². The molecule has 33 heavy (non-hydrogen) atoms. The van der Waals surface area contributed by atoms with Gasteiger partial charge in [-0.05, 0) is 30.9 Å². The van der Waals surface area contributed by atoms with E-state index < -0.39 is 40.9 Å². The molecule has 12 nitrogen and oxygen atoms in total. The molecule has 176 valence electrons. The number of imidazole rings is 1. The number of aromatic nitrogens is 4. The Hall–Kier alpha value is -2.68. The van der Waals surface area contributed by atoms with E-state index >= 15 is 0 Å². The van der Waals surface area contributed by atoms with Gasteiger partial charge in [-0.15, -0.1) is 0 Å². The van der Waals surface area contributed by atoms with Gasteiger partial charge in [-0.1, -0.05) is 24.3 Å². The van der Waals surface area contributed by atoms with Gasteiger partial charge in [0.25, 0.3) is 0 Å². The van der Waals surface area contributed by atoms with Crippen LogP contribution in [0.1, 0.15) is 36.7 Å². The molecular formula is C20H24N6O6S. The molecule has 5 rings (SSSR count). The highest BCUT2D eigenvalue weighted by molar-refractivity contribution is 7.84. The summed E-state index contributed by atoms with van der Waals surface area (Å²) in [6, 6.07) is 8.31. The molecule has 0 saturated carbocycles. The highest BCUT2D eigenvalue weighted by Gasteiger charge is 2.47. The summed E-state index contributed by atoms with van der Waals surface area (Å²) in [7, 11) is -4.27. The lowest BCUT2D eigenvalue weighted by atomic mass is 10.1. The molecule has 13 heteroatoms. The zero-order chi connectivity index (χ0) is 23.3. The second kappa shape index (κ2) is 8.27. The average molecular weight is 477 g/mol. The Morgan fingerprint density at radius 3 is 2.82 bits per heavy atom. The maximum atomic E-state index is 11.2. The number of anilines is 1. The van der Waals surface area contributed by atoms with Crippen LogP contribution in [0.5, 0.6) is 0 Å². The minimum Gasteiger partial charge on any atom is -0.387 e. The third kappa shape index (κ3) is 4.07. The largest absolute Gasteiger partial charge is 0.387 e. The summed E-state index contributed by atoms with van der Waals surface area (Å²) in [6.07, 6.45) is -1.44. The van der Waals surface area contributed by atoms with Gasteiger partial charge in [0.05, 0.1) is 12.4 Å². The lowest BCUT2D eigenvalue weighted by molar-refractivity contribution is -0.0694. The molecule has 0 unspecified atom stereocenters. The Bertz CT molecular complexity index is 1280. The van der Waals surface area contributed by atoms with E-state index in [4.69, 9.17) is 14.1 Å². The van der Waals surface area contributed by atoms with Crippen molar-refractivity contribution in [3.8, 4) is 0 Å². The molecule has 1 fully saturated rings. The fourth-order valence-electron chi connectivity index (χ4n) is 4.59. The van der Waals surface area contributed by atoms with E-state index in [1.54, 1.807) is 0 Å². The monoisotopic (exact) mass is 476 g/mol. The Morgan fingerprint density at radius 1 is 1.24 bits per heavy atom. The molecule has 1 aliphatic heterocycles. The molecule has 0 bridgehead atoms. The van der Waals surface area contributed by atoms with Gasteiger partial charge < -0.3 is 20.3 Å². The van der Waals surface area contributed by atoms with E-state index in [1.807, 2.05) is 12.1 Å². The van der Waals surface area contributed by atoms with Gasteiger partial charge in [0, 0.05) is 0 Å². The maximum absolute atomic E-state index is 11.2. The summed E-state index contributed by atoms with van der Waals surface area (Å²) < 4.78 is 34.4. The molecule has 2 aromatic heterocycles. The molecule has 0 amide bonds. The van der Waals surface area contributed by atoms with Crippen molar-refractivity contribution in [3.05, 3.63) is 48.0 Å². The quantitative estimate of drug-likeness (QED) is 0.383. The molecule has 5 N–H and O–H groups in total. The van der Waals surface area contributed by atoms with Crippen LogP contribution in [0.15, 0.2) is 36.9 Å². The van der Waals surface area contributed by atoms with Crippen LogP contribution in [0, 0.1) is 0 Å². The zero-order valence-electron chi connectivity index (χ0n) is 17.6. The summed E-state index contributed by atoms with van der Waals surface area (Å²) in [6.45, 7) is 1.38. The lowest BCUT2D eigenvalue weighted by Crippen LogP contribution is -2.40. The Balaban J connectivity index is 1.41. The van der Waals surface area contributed by atoms with Crippen molar-refractivity contribution in [2.45, 2.75) is 56.5 Å². The number of aliphatic hydroxyl groups is 2. The van der Waals surface area contributed by atoms with Crippen molar-refractivity contribution in [2.75, 3.05) is 5.32 Å². The number of fused-ring (bicyclic) bond motifs is 2. The predicted octanol–water partition coefficient (Wildman–Crippen LogP) is 0.154. The first-order chi connectivity index (χ1) is 15.7. The van der Waals surface area contributed by atoms with Gasteiger partial charge in [-0.3, -0.25) is 8.75 Å². The summed E-state index contributed by atoms with van der Waals surface area (Å²) in [5.74, 6) is 0.538. The molecule has 0 spiro atoms. The van der Waals surface area contributed by atoms with Crippen molar-refractivity contribution in [2.24, 2.45) is 5.14 Å². The third-order valence-electron chi connectivity index (χ3n) is 6.10. The fraction of sp³-hybridized carbons (Fsp3) is 0.450. The van der Waals surface area contributed by atoms with Crippen molar-refractivity contribution >= 4 is 27.3 Å². The fourth-order valence-corrected chi connectivity index (χ4v) is 5.12. The van der Waals surface area contributed by atoms with E-state index in [1.165, 1.54) is 35.3 Å². The van der Waals surface area contributed by atoms with Crippen molar-refractivity contribution in [1.82, 2.24) is 19.5 Å². The molecular weight excluding hydrogens is 452 g/mol. The number of rotatable bonds is 6. The maximum Gasteiger partial charge on any atom is 0.333 e. The molecule has 1 aromatic carbocycles. The first-order valence-electron chi connectivity index (χ1n) is 10.5. The summed E-state index contributed by atoms with van der Waals surface area (Å²) in [4.78, 5) is 13.0. The number of hydrogen-bond donors (Lipinski definition) is 4. The summed E-state index contributed by atoms with van der Waals surface area (Å²) in [5, 5.41) is 29.4. The van der Waals surface area contributed by atoms with Crippen LogP contribution in [0.2, 0.25) is 0 Å². The number of ether oxygens (including phenoxy) is 1. The topological polar surface area (TPSA) is 175 Å². The highest BCUT2D eigenvalue weighted by Crippen LogP contribution is 2.36. The summed E-state index contributed by atoms with van der Waals surface area (Å²) in [5.41, 5.74) is 3.37. The predicted molar refractivity (Wildman–Crippen MR) is 116 cm³/mol. The molecule has 1 saturated heterocycles. The van der Waals surface area contributed by atoms with Crippen LogP contribution in [-0.2, 0) is 25.6 Å². The van der Waals surface area contributed by atoms with Crippen LogP contribution >= 0.6 is 0 Å². The summed E-state index contributed by atoms with van der Waals surface area (Å²) >= 11 is 0. The minimum atomic E-state index is -4.27. The number of aliphatic hydroxyl groups excluding tert-OH is 2. The van der Waals surface area contributed by atoms with E-state index in [2.05, 4.69) is 32.4 Å². The third-order valence-corrected chi connectivity index (χ3v) is 6.67. The molecule has 3 aromatic rings. The average Bonchev–Trinajstić information content (AvgIpc) is 3.45. The van der Waals surface area contributed by atoms with Gasteiger partial charge in [0.1, 0.15) is 30.7 Å². The number of nitrogens with zero attached hydrogens (tertiary/aromatic N) is 4. The SMILES string of the molecule is C[C@H](OS(N)(=O)=O)[C@H]1O[C@@H](n2cnc3c(N[C@H]4CCc5ccccc54)ncnc32)[C@H](O)[C@@H]1O. The molecule has 1 aliphatic carbocycles. The van der Waals surface area contributed by atoms with Gasteiger partial charge >= 0.3 is 10.3 Å². The van der Waals surface area contributed by atoms with Gasteiger partial charge in [0.2, 0.25) is 0 Å². The second-order valence-corrected chi connectivity index (χ2v) is 9.43. The molecule has 3 heterocycles. The standard InChI is InChI=1S/C20H24N6O6S/c1-10(32-33(21,29)30)17-15(27)16(28)20(31-17)26-9-24-14-18(22-8-23-19(14)26)25-13-7-6-11-4-2-3-5-12(11)13/h2-5,8-10,13,15-17,20,27-28H,6-7H2,1H3,(H2,21,29,30)(H,22,23,25)/t10-,13-,15-,16+,17+,20+/m0/s1. The first-order valence-corrected chi connectivity index (χ1v) is 11.9. The first kappa shape index (κ1) is 22.1. The Morgan fingerprint density at radius 2 is 2.03 bits per heavy atom. The van der Waals surface area contributed by atoms with Crippen LogP contribution in [0.3, 0.4) is 0 Å². The minimum absolute atomic E-state index is 0.0835. The van der Waals surface area contributed by atoms with Crippen molar-refractivity contribution < 1.29 is 27.6 Å². The van der Waals surface area contributed by atoms with Gasteiger partial charge in [-0.25, -0.2) is 20.1 Å². The zero-order valence-corrected chi connectivity index (χ0v) is 18.5. The number of nitrogens with two attached hydrogens (primary N) is 1. The van der Waals surface area contributed by atoms with Crippen LogP contribution < -0.4 is 10.5 Å². The number of nitrogens with one attached hydrogen (secondary N) is 1. The van der Waals surface area contributed by atoms with E-state index in [-0.39, 0.29) is 6.04 Å². The lowest BCUT2D eigenvalue weighted by Gasteiger charge is -2.20. The van der Waals surface area contributed by atoms with Crippen molar-refractivity contribution in [3.63, 3.8) is 0 Å². The Kier molecular flexibility index (Phi) is 5.55. The Labute approximate surface area is 189 Å². The number of hydrogen-bond acceptors (Lipinski definition) is 10. The van der Waals surface area contributed by atoms with Crippen molar-refractivity contribution in [1.29, 1.82) is 0 Å². The second-order valence-electron chi connectivity index (χ2n) is 8.25. The smallest absolute Gasteiger partial charge is 0.333 e. The number of benzene rings is 1. The molecule has 6 atom stereocenters. The normalized spacial score (nSPS) is 28.2. The van der Waals surface area contributed by atoms with Gasteiger partial charge in [0.15, 0.2) is 23.2 Å². The van der Waals surface area contributed by atoms with E-state index in [0.29, 0.717) is 17.0 Å². The van der Waals surface area contributed by atoms with E-state index in [0.717, 1.165) is 12.8 Å². The van der Waals surface area contributed by atoms with Gasteiger partial charge in [-0.2, -0.15) is 8.42 Å². The van der Waals surface area contributed by atoms with Crippen LogP contribution in [-0.4, -0.2) is 62.6 Å².